The number of ether oxygens (including phenoxy) is 2. The second kappa shape index (κ2) is 13.3. The summed E-state index contributed by atoms with van der Waals surface area (Å²) in [6.45, 7) is 4.65. The molecule has 0 saturated carbocycles. The van der Waals surface area contributed by atoms with Gasteiger partial charge in [0.15, 0.2) is 5.75 Å². The first-order valence-electron chi connectivity index (χ1n) is 12.2. The molecule has 3 N–H and O–H groups in total. The Labute approximate surface area is 249 Å². The molecule has 3 aromatic carbocycles. The summed E-state index contributed by atoms with van der Waals surface area (Å²) in [7, 11) is -3.99. The van der Waals surface area contributed by atoms with Gasteiger partial charge in [-0.25, -0.2) is 0 Å². The molecule has 3 aromatic rings. The third kappa shape index (κ3) is 8.47. The highest BCUT2D eigenvalue weighted by Gasteiger charge is 2.28. The summed E-state index contributed by atoms with van der Waals surface area (Å²) in [5, 5.41) is 29.9. The van der Waals surface area contributed by atoms with Gasteiger partial charge in [-0.2, -0.15) is 8.42 Å². The number of benzene rings is 3. The normalized spacial score (nSPS) is 13.2. The molecule has 0 aliphatic heterocycles. The van der Waals surface area contributed by atoms with Crippen molar-refractivity contribution in [1.82, 2.24) is 0 Å². The van der Waals surface area contributed by atoms with Gasteiger partial charge < -0.3 is 24.8 Å². The summed E-state index contributed by atoms with van der Waals surface area (Å²) in [4.78, 5) is 0.0119. The van der Waals surface area contributed by atoms with Crippen LogP contribution in [0.15, 0.2) is 65.6 Å². The fraction of sp³-hybridized carbons (Fsp3) is 0.357. The van der Waals surface area contributed by atoms with Crippen LogP contribution in [0.3, 0.4) is 0 Å². The van der Waals surface area contributed by atoms with Crippen LogP contribution < -0.4 is 9.47 Å². The van der Waals surface area contributed by atoms with Gasteiger partial charge in [-0.05, 0) is 54.4 Å². The molecule has 0 heterocycles. The SMILES string of the molecule is Cc1ccc(S(=O)(=O)OC[C@@H](O)COc2ccc(C(C)(C)c3cc(Cl)c(OCC(O)(O)CCl)c(Cl)c3)cc2)cc1. The van der Waals surface area contributed by atoms with Gasteiger partial charge >= 0.3 is 0 Å². The van der Waals surface area contributed by atoms with Crippen molar-refractivity contribution in [3.05, 3.63) is 87.4 Å². The quantitative estimate of drug-likeness (QED) is 0.136. The Balaban J connectivity index is 1.61. The highest BCUT2D eigenvalue weighted by Crippen LogP contribution is 2.41. The maximum absolute atomic E-state index is 12.3. The zero-order chi connectivity index (χ0) is 29.7. The number of rotatable bonds is 13. The van der Waals surface area contributed by atoms with Crippen molar-refractivity contribution in [2.75, 3.05) is 25.7 Å². The van der Waals surface area contributed by atoms with Crippen molar-refractivity contribution in [1.29, 1.82) is 0 Å². The molecule has 0 saturated heterocycles. The van der Waals surface area contributed by atoms with Gasteiger partial charge in [-0.1, -0.05) is 66.9 Å². The van der Waals surface area contributed by atoms with Gasteiger partial charge in [0.1, 0.15) is 25.1 Å². The maximum atomic E-state index is 12.3. The lowest BCUT2D eigenvalue weighted by Gasteiger charge is -2.28. The van der Waals surface area contributed by atoms with Crippen molar-refractivity contribution < 1.29 is 37.4 Å². The van der Waals surface area contributed by atoms with E-state index in [1.807, 2.05) is 32.9 Å². The number of hydrogen-bond donors (Lipinski definition) is 3. The van der Waals surface area contributed by atoms with E-state index in [4.69, 9.17) is 48.5 Å². The molecule has 0 fully saturated rings. The fourth-order valence-electron chi connectivity index (χ4n) is 3.60. The molecule has 1 atom stereocenters. The summed E-state index contributed by atoms with van der Waals surface area (Å²) < 4.78 is 40.6. The minimum Gasteiger partial charge on any atom is -0.491 e. The Morgan fingerprint density at radius 2 is 1.45 bits per heavy atom. The lowest BCUT2D eigenvalue weighted by atomic mass is 9.78. The van der Waals surface area contributed by atoms with Crippen LogP contribution in [-0.2, 0) is 19.7 Å². The van der Waals surface area contributed by atoms with E-state index in [2.05, 4.69) is 0 Å². The van der Waals surface area contributed by atoms with E-state index in [9.17, 15) is 23.7 Å². The zero-order valence-corrected chi connectivity index (χ0v) is 25.2. The number of halogens is 3. The van der Waals surface area contributed by atoms with Crippen LogP contribution in [0, 0.1) is 6.92 Å². The summed E-state index contributed by atoms with van der Waals surface area (Å²) in [5.74, 6) is -2.09. The Hall–Kier alpha value is -2.08. The zero-order valence-electron chi connectivity index (χ0n) is 22.1. The monoisotopic (exact) mass is 632 g/mol. The first-order chi connectivity index (χ1) is 18.6. The smallest absolute Gasteiger partial charge is 0.297 e. The molecule has 12 heteroatoms. The van der Waals surface area contributed by atoms with Crippen molar-refractivity contribution in [2.45, 2.75) is 43.0 Å². The molecule has 3 rings (SSSR count). The summed E-state index contributed by atoms with van der Waals surface area (Å²) in [6, 6.07) is 16.7. The molecule has 0 radical (unpaired) electrons. The van der Waals surface area contributed by atoms with Gasteiger partial charge in [0.25, 0.3) is 10.1 Å². The molecular weight excluding hydrogens is 603 g/mol. The molecule has 0 aromatic heterocycles. The Morgan fingerprint density at radius 1 is 0.875 bits per heavy atom. The molecule has 0 amide bonds. The third-order valence-electron chi connectivity index (χ3n) is 6.13. The van der Waals surface area contributed by atoms with E-state index in [-0.39, 0.29) is 27.3 Å². The first-order valence-corrected chi connectivity index (χ1v) is 14.8. The number of alkyl halides is 1. The van der Waals surface area contributed by atoms with E-state index in [1.54, 1.807) is 36.4 Å². The van der Waals surface area contributed by atoms with E-state index < -0.39 is 46.5 Å². The van der Waals surface area contributed by atoms with Gasteiger partial charge in [-0.15, -0.1) is 11.6 Å². The molecule has 40 heavy (non-hydrogen) atoms. The highest BCUT2D eigenvalue weighted by molar-refractivity contribution is 7.86. The molecular formula is C28H31Cl3O8S. The van der Waals surface area contributed by atoms with Gasteiger partial charge in [0, 0.05) is 5.41 Å². The minimum absolute atomic E-state index is 0.0119. The van der Waals surface area contributed by atoms with E-state index in [0.29, 0.717) is 5.75 Å². The second-order valence-corrected chi connectivity index (χ2v) is 12.5. The molecule has 218 valence electrons. The molecule has 0 bridgehead atoms. The van der Waals surface area contributed by atoms with Crippen LogP contribution in [0.4, 0.5) is 0 Å². The van der Waals surface area contributed by atoms with Crippen molar-refractivity contribution >= 4 is 44.9 Å². The Bertz CT molecular complexity index is 1370. The van der Waals surface area contributed by atoms with Crippen LogP contribution in [0.5, 0.6) is 11.5 Å². The predicted octanol–water partition coefficient (Wildman–Crippen LogP) is 5.07. The van der Waals surface area contributed by atoms with Crippen molar-refractivity contribution in [2.24, 2.45) is 0 Å². The van der Waals surface area contributed by atoms with E-state index in [1.165, 1.54) is 12.1 Å². The van der Waals surface area contributed by atoms with Crippen LogP contribution in [0.2, 0.25) is 10.0 Å². The molecule has 0 unspecified atom stereocenters. The van der Waals surface area contributed by atoms with Crippen molar-refractivity contribution in [3.63, 3.8) is 0 Å². The highest BCUT2D eigenvalue weighted by atomic mass is 35.5. The predicted molar refractivity (Wildman–Crippen MR) is 154 cm³/mol. The number of aryl methyl sites for hydroxylation is 1. The number of aliphatic hydroxyl groups excluding tert-OH is 1. The lowest BCUT2D eigenvalue weighted by molar-refractivity contribution is -0.162. The lowest BCUT2D eigenvalue weighted by Crippen LogP contribution is -2.37. The van der Waals surface area contributed by atoms with Crippen LogP contribution in [0.1, 0.15) is 30.5 Å². The maximum Gasteiger partial charge on any atom is 0.297 e. The average molecular weight is 634 g/mol. The first kappa shape index (κ1) is 32.4. The topological polar surface area (TPSA) is 123 Å². The van der Waals surface area contributed by atoms with Crippen LogP contribution in [0.25, 0.3) is 0 Å². The molecule has 0 spiro atoms. The largest absolute Gasteiger partial charge is 0.491 e. The van der Waals surface area contributed by atoms with Crippen LogP contribution >= 0.6 is 34.8 Å². The average Bonchev–Trinajstić information content (AvgIpc) is 2.90. The van der Waals surface area contributed by atoms with E-state index in [0.717, 1.165) is 16.7 Å². The standard InChI is InChI=1S/C28H31Cl3O8S/c1-18-4-10-23(11-5-18)40(35,36)39-15-21(32)14-37-22-8-6-19(7-9-22)27(2,3)20-12-24(30)26(25(31)13-20)38-17-28(33,34)16-29/h4-13,21,32-34H,14-17H2,1-3H3/t21-/m0/s1. The molecule has 0 aliphatic rings. The summed E-state index contributed by atoms with van der Waals surface area (Å²) in [5.41, 5.74) is 2.05. The number of hydrogen-bond acceptors (Lipinski definition) is 8. The minimum atomic E-state index is -3.99. The van der Waals surface area contributed by atoms with Gasteiger partial charge in [0.05, 0.1) is 27.4 Å². The Morgan fingerprint density at radius 3 is 2.00 bits per heavy atom. The van der Waals surface area contributed by atoms with E-state index >= 15 is 0 Å². The van der Waals surface area contributed by atoms with Crippen molar-refractivity contribution in [3.8, 4) is 11.5 Å². The molecule has 8 nitrogen and oxygen atoms in total. The third-order valence-corrected chi connectivity index (χ3v) is 8.41. The van der Waals surface area contributed by atoms with Gasteiger partial charge in [-0.3, -0.25) is 4.18 Å². The summed E-state index contributed by atoms with van der Waals surface area (Å²) in [6.07, 6.45) is -1.17. The molecule has 0 aliphatic carbocycles. The van der Waals surface area contributed by atoms with Crippen LogP contribution in [-0.4, -0.2) is 61.3 Å². The Kier molecular flexibility index (Phi) is 10.8. The summed E-state index contributed by atoms with van der Waals surface area (Å²) >= 11 is 18.3. The van der Waals surface area contributed by atoms with Gasteiger partial charge in [0.2, 0.25) is 5.79 Å². The second-order valence-electron chi connectivity index (χ2n) is 9.84. The number of aliphatic hydroxyl groups is 3. The fourth-order valence-corrected chi connectivity index (χ4v) is 5.22.